The van der Waals surface area contributed by atoms with Crippen LogP contribution in [0.1, 0.15) is 71.6 Å². The molecule has 2 aliphatic carbocycles. The Bertz CT molecular complexity index is 704. The van der Waals surface area contributed by atoms with E-state index in [2.05, 4.69) is 19.9 Å². The van der Waals surface area contributed by atoms with E-state index in [-0.39, 0.29) is 0 Å². The fourth-order valence-electron chi connectivity index (χ4n) is 4.83. The van der Waals surface area contributed by atoms with Crippen LogP contribution < -0.4 is 0 Å². The minimum Gasteiger partial charge on any atom is -0.461 e. The maximum atomic E-state index is 13.8. The Balaban J connectivity index is 2.11. The summed E-state index contributed by atoms with van der Waals surface area (Å²) in [7, 11) is 0.997. The third kappa shape index (κ3) is 6.84. The molecule has 1 fully saturated rings. The number of carbonyl (C=O) groups is 1. The highest BCUT2D eigenvalue weighted by Crippen LogP contribution is 2.44. The van der Waals surface area contributed by atoms with Gasteiger partial charge < -0.3 is 9.47 Å². The van der Waals surface area contributed by atoms with Crippen LogP contribution in [0.5, 0.6) is 0 Å². The fraction of sp³-hybridized carbons (Fsp3) is 0.760. The number of hydrogen-bond donors (Lipinski definition) is 0. The van der Waals surface area contributed by atoms with Gasteiger partial charge in [0, 0.05) is 13.0 Å². The SMILES string of the molecule is COC1(C(F)(F)F)C=CC=C[C@H]1CC(=O)OC(CCC(C)C)C(C#N)CC1CCCCC1. The summed E-state index contributed by atoms with van der Waals surface area (Å²) < 4.78 is 52.0. The Kier molecular flexibility index (Phi) is 9.82. The van der Waals surface area contributed by atoms with Crippen molar-refractivity contribution in [1.82, 2.24) is 0 Å². The first-order valence-electron chi connectivity index (χ1n) is 11.7. The number of nitrogens with zero attached hydrogens (tertiary/aromatic N) is 1. The summed E-state index contributed by atoms with van der Waals surface area (Å²) in [5.41, 5.74) is -2.56. The van der Waals surface area contributed by atoms with Crippen molar-refractivity contribution in [2.24, 2.45) is 23.7 Å². The average Bonchev–Trinajstić information content (AvgIpc) is 2.75. The second-order valence-electron chi connectivity index (χ2n) is 9.52. The average molecular weight is 456 g/mol. The largest absolute Gasteiger partial charge is 0.461 e. The molecule has 0 amide bonds. The molecule has 0 aromatic rings. The number of carbonyl (C=O) groups excluding carboxylic acids is 1. The molecule has 2 rings (SSSR count). The van der Waals surface area contributed by atoms with E-state index < -0.39 is 42.1 Å². The number of nitriles is 1. The minimum atomic E-state index is -4.68. The molecular formula is C25H36F3NO3. The van der Waals surface area contributed by atoms with Crippen molar-refractivity contribution in [2.45, 2.75) is 89.5 Å². The van der Waals surface area contributed by atoms with Crippen molar-refractivity contribution in [3.63, 3.8) is 0 Å². The Morgan fingerprint density at radius 2 is 1.88 bits per heavy atom. The summed E-state index contributed by atoms with van der Waals surface area (Å²) in [5, 5.41) is 9.82. The van der Waals surface area contributed by atoms with Crippen molar-refractivity contribution in [2.75, 3.05) is 7.11 Å². The molecule has 0 aromatic heterocycles. The van der Waals surface area contributed by atoms with E-state index in [0.717, 1.165) is 45.3 Å². The Hall–Kier alpha value is -1.81. The van der Waals surface area contributed by atoms with Gasteiger partial charge in [0.25, 0.3) is 0 Å². The van der Waals surface area contributed by atoms with Crippen LogP contribution in [-0.2, 0) is 14.3 Å². The van der Waals surface area contributed by atoms with Crippen molar-refractivity contribution in [3.8, 4) is 6.07 Å². The summed E-state index contributed by atoms with van der Waals surface area (Å²) in [4.78, 5) is 12.8. The predicted molar refractivity (Wildman–Crippen MR) is 116 cm³/mol. The normalized spacial score (nSPS) is 26.0. The zero-order chi connectivity index (χ0) is 23.8. The fourth-order valence-corrected chi connectivity index (χ4v) is 4.83. The highest BCUT2D eigenvalue weighted by atomic mass is 19.4. The summed E-state index contributed by atoms with van der Waals surface area (Å²) in [6.07, 6.45) is 6.93. The molecule has 1 saturated carbocycles. The Morgan fingerprint density at radius 1 is 1.19 bits per heavy atom. The lowest BCUT2D eigenvalue weighted by Crippen LogP contribution is -2.52. The number of esters is 1. The molecule has 3 unspecified atom stereocenters. The van der Waals surface area contributed by atoms with Gasteiger partial charge in [-0.05, 0) is 37.2 Å². The van der Waals surface area contributed by atoms with E-state index >= 15 is 0 Å². The van der Waals surface area contributed by atoms with Crippen molar-refractivity contribution < 1.29 is 27.4 Å². The minimum absolute atomic E-state index is 0.364. The molecule has 0 bridgehead atoms. The van der Waals surface area contributed by atoms with Gasteiger partial charge in [-0.1, -0.05) is 64.2 Å². The second-order valence-corrected chi connectivity index (χ2v) is 9.52. The van der Waals surface area contributed by atoms with E-state index in [1.165, 1.54) is 24.6 Å². The number of ether oxygens (including phenoxy) is 2. The van der Waals surface area contributed by atoms with Gasteiger partial charge in [-0.2, -0.15) is 18.4 Å². The molecular weight excluding hydrogens is 419 g/mol. The summed E-state index contributed by atoms with van der Waals surface area (Å²) in [6.45, 7) is 4.10. The van der Waals surface area contributed by atoms with Crippen LogP contribution in [-0.4, -0.2) is 31.0 Å². The van der Waals surface area contributed by atoms with Gasteiger partial charge in [-0.15, -0.1) is 0 Å². The van der Waals surface area contributed by atoms with Gasteiger partial charge in [-0.25, -0.2) is 0 Å². The molecule has 32 heavy (non-hydrogen) atoms. The quantitative estimate of drug-likeness (QED) is 0.352. The molecule has 0 saturated heterocycles. The molecule has 0 aliphatic heterocycles. The van der Waals surface area contributed by atoms with E-state index in [1.807, 2.05) is 0 Å². The lowest BCUT2D eigenvalue weighted by atomic mass is 9.80. The molecule has 0 N–H and O–H groups in total. The third-order valence-electron chi connectivity index (χ3n) is 6.75. The third-order valence-corrected chi connectivity index (χ3v) is 6.75. The standard InChI is InChI=1S/C25H36F3NO3/c1-18(2)12-13-22(20(17-29)15-19-9-5-4-6-10-19)32-23(30)16-21-11-7-8-14-24(21,31-3)25(26,27)28/h7-8,11,14,18-22H,4-6,9-10,12-13,15-16H2,1-3H3/t20?,21-,22?,24?/m0/s1. The molecule has 180 valence electrons. The van der Waals surface area contributed by atoms with E-state index in [4.69, 9.17) is 9.47 Å². The Labute approximate surface area is 189 Å². The topological polar surface area (TPSA) is 59.3 Å². The first-order chi connectivity index (χ1) is 15.1. The van der Waals surface area contributed by atoms with E-state index in [1.54, 1.807) is 0 Å². The van der Waals surface area contributed by atoms with Gasteiger partial charge in [0.15, 0.2) is 5.60 Å². The van der Waals surface area contributed by atoms with Crippen molar-refractivity contribution >= 4 is 5.97 Å². The van der Waals surface area contributed by atoms with E-state index in [0.29, 0.717) is 24.7 Å². The van der Waals surface area contributed by atoms with Crippen molar-refractivity contribution in [1.29, 1.82) is 5.26 Å². The molecule has 0 radical (unpaired) electrons. The molecule has 0 spiro atoms. The second kappa shape index (κ2) is 11.9. The summed E-state index contributed by atoms with van der Waals surface area (Å²) in [6, 6.07) is 2.33. The molecule has 4 nitrogen and oxygen atoms in total. The smallest absolute Gasteiger partial charge is 0.421 e. The highest BCUT2D eigenvalue weighted by molar-refractivity contribution is 5.70. The van der Waals surface area contributed by atoms with Crippen LogP contribution in [0.15, 0.2) is 24.3 Å². The number of allylic oxidation sites excluding steroid dienone is 2. The number of alkyl halides is 3. The number of halogens is 3. The van der Waals surface area contributed by atoms with Crippen LogP contribution in [0.25, 0.3) is 0 Å². The predicted octanol–water partition coefficient (Wildman–Crippen LogP) is 6.52. The molecule has 0 heterocycles. The lowest BCUT2D eigenvalue weighted by molar-refractivity contribution is -0.263. The van der Waals surface area contributed by atoms with Crippen LogP contribution in [0.3, 0.4) is 0 Å². The van der Waals surface area contributed by atoms with Gasteiger partial charge in [0.05, 0.1) is 18.4 Å². The zero-order valence-electron chi connectivity index (χ0n) is 19.4. The first kappa shape index (κ1) is 26.4. The number of methoxy groups -OCH3 is 1. The van der Waals surface area contributed by atoms with Gasteiger partial charge >= 0.3 is 12.1 Å². The molecule has 0 aromatic carbocycles. The monoisotopic (exact) mass is 455 g/mol. The Morgan fingerprint density at radius 3 is 2.44 bits per heavy atom. The highest BCUT2D eigenvalue weighted by Gasteiger charge is 2.58. The van der Waals surface area contributed by atoms with Crippen LogP contribution in [0.2, 0.25) is 0 Å². The van der Waals surface area contributed by atoms with Crippen LogP contribution >= 0.6 is 0 Å². The lowest BCUT2D eigenvalue weighted by Gasteiger charge is -2.38. The van der Waals surface area contributed by atoms with Gasteiger partial charge in [-0.3, -0.25) is 4.79 Å². The van der Waals surface area contributed by atoms with Crippen LogP contribution in [0.4, 0.5) is 13.2 Å². The summed E-state index contributed by atoms with van der Waals surface area (Å²) in [5.74, 6) is -1.60. The van der Waals surface area contributed by atoms with Gasteiger partial charge in [0.2, 0.25) is 0 Å². The zero-order valence-corrected chi connectivity index (χ0v) is 19.4. The van der Waals surface area contributed by atoms with Gasteiger partial charge in [0.1, 0.15) is 6.10 Å². The summed E-state index contributed by atoms with van der Waals surface area (Å²) >= 11 is 0. The molecule has 2 aliphatic rings. The molecule has 7 heteroatoms. The maximum Gasteiger partial charge on any atom is 0.421 e. The number of rotatable bonds is 10. The maximum absolute atomic E-state index is 13.8. The van der Waals surface area contributed by atoms with E-state index in [9.17, 15) is 23.2 Å². The van der Waals surface area contributed by atoms with Crippen molar-refractivity contribution in [3.05, 3.63) is 24.3 Å². The molecule has 4 atom stereocenters. The number of hydrogen-bond acceptors (Lipinski definition) is 4. The first-order valence-corrected chi connectivity index (χ1v) is 11.7. The van der Waals surface area contributed by atoms with Crippen LogP contribution in [0, 0.1) is 35.0 Å².